The fourth-order valence-electron chi connectivity index (χ4n) is 2.14. The lowest BCUT2D eigenvalue weighted by molar-refractivity contribution is 0.282. The molecule has 0 radical (unpaired) electrons. The highest BCUT2D eigenvalue weighted by Crippen LogP contribution is 2.27. The van der Waals surface area contributed by atoms with Gasteiger partial charge in [-0.1, -0.05) is 19.8 Å². The number of hydrogen-bond acceptors (Lipinski definition) is 2. The summed E-state index contributed by atoms with van der Waals surface area (Å²) in [5.41, 5.74) is 0. The summed E-state index contributed by atoms with van der Waals surface area (Å²) in [6.07, 6.45) is 7.31. The van der Waals surface area contributed by atoms with E-state index in [1.165, 1.54) is 25.7 Å². The van der Waals surface area contributed by atoms with Crippen LogP contribution in [0.3, 0.4) is 0 Å². The Kier molecular flexibility index (Phi) is 5.83. The van der Waals surface area contributed by atoms with Crippen molar-refractivity contribution in [1.29, 1.82) is 0 Å². The molecule has 0 saturated heterocycles. The van der Waals surface area contributed by atoms with Crippen LogP contribution >= 0.6 is 0 Å². The Labute approximate surface area is 96.7 Å². The van der Waals surface area contributed by atoms with Crippen LogP contribution in [0.1, 0.15) is 39.5 Å². The summed E-state index contributed by atoms with van der Waals surface area (Å²) < 4.78 is 11.1. The highest BCUT2D eigenvalue weighted by atomic mass is 32.2. The first-order valence-corrected chi connectivity index (χ1v) is 7.74. The van der Waals surface area contributed by atoms with Gasteiger partial charge in [0.05, 0.1) is 0 Å². The van der Waals surface area contributed by atoms with Crippen molar-refractivity contribution < 1.29 is 4.21 Å². The molecule has 1 N–H and O–H groups in total. The van der Waals surface area contributed by atoms with Crippen molar-refractivity contribution in [3.63, 3.8) is 0 Å². The van der Waals surface area contributed by atoms with Crippen molar-refractivity contribution in [2.75, 3.05) is 19.3 Å². The van der Waals surface area contributed by atoms with E-state index in [1.807, 2.05) is 6.92 Å². The average molecular weight is 231 g/mol. The predicted molar refractivity (Wildman–Crippen MR) is 67.5 cm³/mol. The zero-order valence-electron chi connectivity index (χ0n) is 10.3. The fraction of sp³-hybridized carbons (Fsp3) is 1.00. The van der Waals surface area contributed by atoms with E-state index >= 15 is 0 Å². The van der Waals surface area contributed by atoms with Gasteiger partial charge in [-0.3, -0.25) is 4.21 Å². The molecule has 0 bridgehead atoms. The Morgan fingerprint density at radius 2 is 1.93 bits per heavy atom. The lowest BCUT2D eigenvalue weighted by Gasteiger charge is -2.26. The smallest absolute Gasteiger partial charge is 0.0441 e. The SMILES string of the molecule is CC1CCC(CNC[C@H](C)[S@@](C)=O)CC1. The summed E-state index contributed by atoms with van der Waals surface area (Å²) in [7, 11) is -0.685. The minimum atomic E-state index is -0.685. The molecule has 1 aliphatic rings. The van der Waals surface area contributed by atoms with E-state index in [0.29, 0.717) is 0 Å². The molecule has 1 saturated carbocycles. The van der Waals surface area contributed by atoms with Gasteiger partial charge in [-0.05, 0) is 38.1 Å². The van der Waals surface area contributed by atoms with E-state index in [1.54, 1.807) is 6.26 Å². The highest BCUT2D eigenvalue weighted by Gasteiger charge is 2.17. The molecular weight excluding hydrogens is 206 g/mol. The molecule has 2 nitrogen and oxygen atoms in total. The van der Waals surface area contributed by atoms with Crippen LogP contribution in [0.15, 0.2) is 0 Å². The lowest BCUT2D eigenvalue weighted by Crippen LogP contribution is -2.32. The van der Waals surface area contributed by atoms with Crippen LogP contribution in [-0.2, 0) is 10.8 Å². The van der Waals surface area contributed by atoms with Crippen LogP contribution in [0, 0.1) is 11.8 Å². The van der Waals surface area contributed by atoms with Gasteiger partial charge in [0.25, 0.3) is 0 Å². The average Bonchev–Trinajstić information content (AvgIpc) is 2.20. The molecule has 0 amide bonds. The van der Waals surface area contributed by atoms with E-state index < -0.39 is 10.8 Å². The van der Waals surface area contributed by atoms with E-state index in [0.717, 1.165) is 24.9 Å². The molecular formula is C12H25NOS. The molecule has 0 aromatic rings. The zero-order valence-corrected chi connectivity index (χ0v) is 11.1. The minimum absolute atomic E-state index is 0.285. The highest BCUT2D eigenvalue weighted by molar-refractivity contribution is 7.84. The standard InChI is InChI=1S/C12H25NOS/c1-10-4-6-12(7-5-10)9-13-8-11(2)15(3)14/h10-13H,4-9H2,1-3H3/t10?,11-,12?,15+/m0/s1. The largest absolute Gasteiger partial charge is 0.315 e. The van der Waals surface area contributed by atoms with E-state index in [9.17, 15) is 4.21 Å². The molecule has 0 aromatic heterocycles. The van der Waals surface area contributed by atoms with Crippen LogP contribution in [0.4, 0.5) is 0 Å². The maximum Gasteiger partial charge on any atom is 0.0441 e. The number of nitrogens with one attached hydrogen (secondary N) is 1. The molecule has 3 heteroatoms. The molecule has 0 unspecified atom stereocenters. The van der Waals surface area contributed by atoms with Crippen molar-refractivity contribution in [1.82, 2.24) is 5.32 Å². The Morgan fingerprint density at radius 3 is 2.47 bits per heavy atom. The van der Waals surface area contributed by atoms with Gasteiger partial charge in [0.2, 0.25) is 0 Å². The monoisotopic (exact) mass is 231 g/mol. The summed E-state index contributed by atoms with van der Waals surface area (Å²) >= 11 is 0. The Balaban J connectivity index is 2.07. The van der Waals surface area contributed by atoms with E-state index in [-0.39, 0.29) is 5.25 Å². The summed E-state index contributed by atoms with van der Waals surface area (Å²) in [4.78, 5) is 0. The van der Waals surface area contributed by atoms with Crippen LogP contribution in [0.25, 0.3) is 0 Å². The molecule has 15 heavy (non-hydrogen) atoms. The second-order valence-electron chi connectivity index (χ2n) is 5.09. The third kappa shape index (κ3) is 5.12. The first-order chi connectivity index (χ1) is 7.09. The minimum Gasteiger partial charge on any atom is -0.315 e. The van der Waals surface area contributed by atoms with Gasteiger partial charge in [0, 0.05) is 28.9 Å². The summed E-state index contributed by atoms with van der Waals surface area (Å²) in [6.45, 7) is 6.42. The normalized spacial score (nSPS) is 31.1. The molecule has 0 heterocycles. The second-order valence-corrected chi connectivity index (χ2v) is 6.90. The second kappa shape index (κ2) is 6.64. The number of hydrogen-bond donors (Lipinski definition) is 1. The third-order valence-corrected chi connectivity index (χ3v) is 4.87. The van der Waals surface area contributed by atoms with Crippen molar-refractivity contribution in [3.05, 3.63) is 0 Å². The van der Waals surface area contributed by atoms with Crippen LogP contribution in [0.2, 0.25) is 0 Å². The van der Waals surface area contributed by atoms with Gasteiger partial charge in [-0.2, -0.15) is 0 Å². The van der Waals surface area contributed by atoms with Crippen LogP contribution < -0.4 is 5.32 Å². The molecule has 1 fully saturated rings. The van der Waals surface area contributed by atoms with Crippen LogP contribution in [-0.4, -0.2) is 28.8 Å². The molecule has 1 rings (SSSR count). The quantitative estimate of drug-likeness (QED) is 0.785. The zero-order chi connectivity index (χ0) is 11.3. The van der Waals surface area contributed by atoms with Gasteiger partial charge in [0.1, 0.15) is 0 Å². The molecule has 0 aromatic carbocycles. The first kappa shape index (κ1) is 13.2. The third-order valence-electron chi connectivity index (χ3n) is 3.57. The molecule has 0 spiro atoms. The topological polar surface area (TPSA) is 29.1 Å². The van der Waals surface area contributed by atoms with E-state index in [2.05, 4.69) is 12.2 Å². The van der Waals surface area contributed by atoms with Gasteiger partial charge >= 0.3 is 0 Å². The first-order valence-electron chi connectivity index (χ1n) is 6.12. The summed E-state index contributed by atoms with van der Waals surface area (Å²) in [5.74, 6) is 1.79. The fourth-order valence-corrected chi connectivity index (χ4v) is 2.49. The Bertz CT molecular complexity index is 200. The number of rotatable bonds is 5. The van der Waals surface area contributed by atoms with E-state index in [4.69, 9.17) is 0 Å². The van der Waals surface area contributed by atoms with Crippen molar-refractivity contribution >= 4 is 10.8 Å². The molecule has 0 aliphatic heterocycles. The Morgan fingerprint density at radius 1 is 1.33 bits per heavy atom. The maximum atomic E-state index is 11.1. The predicted octanol–water partition coefficient (Wildman–Crippen LogP) is 2.17. The molecule has 90 valence electrons. The van der Waals surface area contributed by atoms with Crippen molar-refractivity contribution in [2.24, 2.45) is 11.8 Å². The molecule has 1 aliphatic carbocycles. The summed E-state index contributed by atoms with van der Waals surface area (Å²) in [6, 6.07) is 0. The van der Waals surface area contributed by atoms with Gasteiger partial charge in [-0.15, -0.1) is 0 Å². The van der Waals surface area contributed by atoms with Gasteiger partial charge < -0.3 is 5.32 Å². The van der Waals surface area contributed by atoms with Gasteiger partial charge in [0.15, 0.2) is 0 Å². The Hall–Kier alpha value is 0.110. The lowest BCUT2D eigenvalue weighted by atomic mass is 9.83. The van der Waals surface area contributed by atoms with Gasteiger partial charge in [-0.25, -0.2) is 0 Å². The summed E-state index contributed by atoms with van der Waals surface area (Å²) in [5, 5.41) is 3.74. The van der Waals surface area contributed by atoms with Crippen molar-refractivity contribution in [3.8, 4) is 0 Å². The van der Waals surface area contributed by atoms with Crippen LogP contribution in [0.5, 0.6) is 0 Å². The van der Waals surface area contributed by atoms with Crippen molar-refractivity contribution in [2.45, 2.75) is 44.8 Å². The maximum absolute atomic E-state index is 11.1. The molecule has 2 atom stereocenters.